The number of urea groups is 1. The topological polar surface area (TPSA) is 50.4 Å². The van der Waals surface area contributed by atoms with Gasteiger partial charge in [0.05, 0.1) is 7.11 Å². The molecule has 0 radical (unpaired) electrons. The van der Waals surface area contributed by atoms with E-state index in [4.69, 9.17) is 4.74 Å². The molecule has 0 aromatic heterocycles. The first-order valence-corrected chi connectivity index (χ1v) is 8.88. The lowest BCUT2D eigenvalue weighted by molar-refractivity contribution is 0.242. The molecule has 1 aliphatic rings. The summed E-state index contributed by atoms with van der Waals surface area (Å²) in [5, 5.41) is 5.52. The summed E-state index contributed by atoms with van der Waals surface area (Å²) in [5.74, 6) is 1.84. The van der Waals surface area contributed by atoms with Gasteiger partial charge in [-0.25, -0.2) is 4.79 Å². The summed E-state index contributed by atoms with van der Waals surface area (Å²) in [4.78, 5) is 11.4. The summed E-state index contributed by atoms with van der Waals surface area (Å²) in [6.45, 7) is 0.669. The molecule has 0 aliphatic heterocycles. The first-order valence-electron chi connectivity index (χ1n) is 8.88. The maximum atomic E-state index is 11.4. The van der Waals surface area contributed by atoms with Crippen molar-refractivity contribution in [2.45, 2.75) is 31.1 Å². The molecular formula is C21H26N2O2. The molecule has 2 amide bonds. The average Bonchev–Trinajstić information content (AvgIpc) is 2.67. The van der Waals surface area contributed by atoms with Crippen molar-refractivity contribution >= 4 is 6.03 Å². The molecule has 2 aromatic carbocycles. The summed E-state index contributed by atoms with van der Waals surface area (Å²) in [5.41, 5.74) is 4.16. The van der Waals surface area contributed by atoms with Crippen LogP contribution < -0.4 is 15.4 Å². The second-order valence-electron chi connectivity index (χ2n) is 6.60. The summed E-state index contributed by atoms with van der Waals surface area (Å²) < 4.78 is 5.42. The van der Waals surface area contributed by atoms with Crippen LogP contribution in [0.5, 0.6) is 5.75 Å². The number of methoxy groups -OCH3 is 1. The Hall–Kier alpha value is -2.49. The Balaban J connectivity index is 1.82. The van der Waals surface area contributed by atoms with E-state index in [0.717, 1.165) is 25.0 Å². The van der Waals surface area contributed by atoms with E-state index in [9.17, 15) is 4.79 Å². The predicted molar refractivity (Wildman–Crippen MR) is 100 cm³/mol. The van der Waals surface area contributed by atoms with Crippen molar-refractivity contribution in [1.82, 2.24) is 10.6 Å². The number of benzene rings is 2. The molecule has 1 aliphatic carbocycles. The summed E-state index contributed by atoms with van der Waals surface area (Å²) in [6, 6.07) is 17.0. The van der Waals surface area contributed by atoms with Crippen molar-refractivity contribution in [2.75, 3.05) is 20.7 Å². The van der Waals surface area contributed by atoms with E-state index in [1.165, 1.54) is 16.7 Å². The standard InChI is InChI=1S/C21H26N2O2/c1-22-21(24)23-11-10-17-13-18(15-6-4-3-5-7-15)12-16-8-9-19(25-2)14-20(16)17/h3-9,14,17-18H,10-13H2,1-2H3,(H2,22,23,24). The van der Waals surface area contributed by atoms with Crippen LogP contribution in [0, 0.1) is 0 Å². The Morgan fingerprint density at radius 2 is 2.00 bits per heavy atom. The molecular weight excluding hydrogens is 312 g/mol. The molecule has 3 rings (SSSR count). The number of fused-ring (bicyclic) bond motifs is 1. The van der Waals surface area contributed by atoms with E-state index in [1.54, 1.807) is 14.2 Å². The number of hydrogen-bond acceptors (Lipinski definition) is 2. The summed E-state index contributed by atoms with van der Waals surface area (Å²) in [6.07, 6.45) is 3.08. The maximum Gasteiger partial charge on any atom is 0.314 e. The van der Waals surface area contributed by atoms with Crippen molar-refractivity contribution in [1.29, 1.82) is 0 Å². The Bertz CT molecular complexity index is 715. The molecule has 2 unspecified atom stereocenters. The Labute approximate surface area is 149 Å². The van der Waals surface area contributed by atoms with Crippen molar-refractivity contribution in [3.05, 3.63) is 65.2 Å². The number of carbonyl (C=O) groups is 1. The molecule has 0 fully saturated rings. The van der Waals surface area contributed by atoms with Crippen LogP contribution in [0.4, 0.5) is 4.79 Å². The quantitative estimate of drug-likeness (QED) is 0.870. The highest BCUT2D eigenvalue weighted by molar-refractivity contribution is 5.73. The number of ether oxygens (including phenoxy) is 1. The molecule has 2 N–H and O–H groups in total. The third-order valence-electron chi connectivity index (χ3n) is 5.10. The van der Waals surface area contributed by atoms with E-state index in [0.29, 0.717) is 18.4 Å². The number of amides is 2. The molecule has 0 saturated carbocycles. The van der Waals surface area contributed by atoms with E-state index in [2.05, 4.69) is 53.1 Å². The lowest BCUT2D eigenvalue weighted by Gasteiger charge is -2.32. The van der Waals surface area contributed by atoms with Crippen LogP contribution >= 0.6 is 0 Å². The zero-order chi connectivity index (χ0) is 17.6. The minimum absolute atomic E-state index is 0.124. The molecule has 0 heterocycles. The highest BCUT2D eigenvalue weighted by Gasteiger charge is 2.28. The van der Waals surface area contributed by atoms with E-state index >= 15 is 0 Å². The first kappa shape index (κ1) is 17.3. The third-order valence-corrected chi connectivity index (χ3v) is 5.10. The fourth-order valence-electron chi connectivity index (χ4n) is 3.79. The van der Waals surface area contributed by atoms with Crippen LogP contribution in [0.25, 0.3) is 0 Å². The molecule has 4 nitrogen and oxygen atoms in total. The largest absolute Gasteiger partial charge is 0.497 e. The number of nitrogens with one attached hydrogen (secondary N) is 2. The van der Waals surface area contributed by atoms with Gasteiger partial charge in [-0.15, -0.1) is 0 Å². The molecule has 0 saturated heterocycles. The van der Waals surface area contributed by atoms with Crippen LogP contribution in [0.3, 0.4) is 0 Å². The Morgan fingerprint density at radius 3 is 2.72 bits per heavy atom. The SMILES string of the molecule is CNC(=O)NCCC1CC(c2ccccc2)Cc2ccc(OC)cc21. The van der Waals surface area contributed by atoms with Crippen LogP contribution in [0.1, 0.15) is 41.4 Å². The molecule has 0 spiro atoms. The molecule has 132 valence electrons. The van der Waals surface area contributed by atoms with E-state index < -0.39 is 0 Å². The van der Waals surface area contributed by atoms with E-state index in [1.807, 2.05) is 6.07 Å². The van der Waals surface area contributed by atoms with Crippen molar-refractivity contribution < 1.29 is 9.53 Å². The Kier molecular flexibility index (Phi) is 5.59. The van der Waals surface area contributed by atoms with Gasteiger partial charge in [0.25, 0.3) is 0 Å². The van der Waals surface area contributed by atoms with Crippen LogP contribution in [-0.2, 0) is 6.42 Å². The zero-order valence-corrected chi connectivity index (χ0v) is 14.9. The van der Waals surface area contributed by atoms with Crippen LogP contribution in [-0.4, -0.2) is 26.7 Å². The lowest BCUT2D eigenvalue weighted by atomic mass is 9.73. The fourth-order valence-corrected chi connectivity index (χ4v) is 3.79. The van der Waals surface area contributed by atoms with Gasteiger partial charge in [-0.1, -0.05) is 36.4 Å². The third kappa shape index (κ3) is 4.13. The van der Waals surface area contributed by atoms with Gasteiger partial charge in [-0.2, -0.15) is 0 Å². The zero-order valence-electron chi connectivity index (χ0n) is 14.9. The second-order valence-corrected chi connectivity index (χ2v) is 6.60. The summed E-state index contributed by atoms with van der Waals surface area (Å²) in [7, 11) is 3.35. The van der Waals surface area contributed by atoms with Crippen molar-refractivity contribution in [2.24, 2.45) is 0 Å². The highest BCUT2D eigenvalue weighted by Crippen LogP contribution is 2.42. The van der Waals surface area contributed by atoms with Gasteiger partial charge in [0, 0.05) is 13.6 Å². The summed E-state index contributed by atoms with van der Waals surface area (Å²) >= 11 is 0. The monoisotopic (exact) mass is 338 g/mol. The fraction of sp³-hybridized carbons (Fsp3) is 0.381. The van der Waals surface area contributed by atoms with Crippen LogP contribution in [0.15, 0.2) is 48.5 Å². The molecule has 2 atom stereocenters. The molecule has 4 heteroatoms. The molecule has 25 heavy (non-hydrogen) atoms. The van der Waals surface area contributed by atoms with Gasteiger partial charge < -0.3 is 15.4 Å². The smallest absolute Gasteiger partial charge is 0.314 e. The van der Waals surface area contributed by atoms with Crippen LogP contribution in [0.2, 0.25) is 0 Å². The number of rotatable bonds is 5. The van der Waals surface area contributed by atoms with Gasteiger partial charge in [0.15, 0.2) is 0 Å². The first-order chi connectivity index (χ1) is 12.2. The normalized spacial score (nSPS) is 19.0. The predicted octanol–water partition coefficient (Wildman–Crippen LogP) is 3.83. The average molecular weight is 338 g/mol. The second kappa shape index (κ2) is 8.06. The highest BCUT2D eigenvalue weighted by atomic mass is 16.5. The van der Waals surface area contributed by atoms with Gasteiger partial charge in [-0.05, 0) is 59.9 Å². The minimum Gasteiger partial charge on any atom is -0.497 e. The molecule has 0 bridgehead atoms. The number of hydrogen-bond donors (Lipinski definition) is 2. The van der Waals surface area contributed by atoms with Gasteiger partial charge >= 0.3 is 6.03 Å². The van der Waals surface area contributed by atoms with Gasteiger partial charge in [-0.3, -0.25) is 0 Å². The lowest BCUT2D eigenvalue weighted by Crippen LogP contribution is -2.34. The van der Waals surface area contributed by atoms with E-state index in [-0.39, 0.29) is 6.03 Å². The molecule has 2 aromatic rings. The van der Waals surface area contributed by atoms with Crippen molar-refractivity contribution in [3.63, 3.8) is 0 Å². The van der Waals surface area contributed by atoms with Gasteiger partial charge in [0.2, 0.25) is 0 Å². The van der Waals surface area contributed by atoms with Gasteiger partial charge in [0.1, 0.15) is 5.75 Å². The van der Waals surface area contributed by atoms with Crippen molar-refractivity contribution in [3.8, 4) is 5.75 Å². The number of carbonyl (C=O) groups excluding carboxylic acids is 1. The minimum atomic E-state index is -0.124. The Morgan fingerprint density at radius 1 is 1.20 bits per heavy atom. The maximum absolute atomic E-state index is 11.4.